The van der Waals surface area contributed by atoms with Gasteiger partial charge in [0.2, 0.25) is 0 Å². The summed E-state index contributed by atoms with van der Waals surface area (Å²) in [4.78, 5) is 12.6. The topological polar surface area (TPSA) is 59.0 Å². The van der Waals surface area contributed by atoms with E-state index in [0.717, 1.165) is 38.5 Å². The highest BCUT2D eigenvalue weighted by Gasteiger charge is 2.19. The van der Waals surface area contributed by atoms with Crippen molar-refractivity contribution < 1.29 is 18.5 Å². The fraction of sp³-hybridized carbons (Fsp3) is 1.00. The van der Waals surface area contributed by atoms with Gasteiger partial charge in [-0.25, -0.2) is 4.57 Å². The molecule has 0 heterocycles. The van der Waals surface area contributed by atoms with Gasteiger partial charge in [-0.1, -0.05) is 149 Å². The van der Waals surface area contributed by atoms with Gasteiger partial charge in [0.15, 0.2) is 0 Å². The first-order valence-electron chi connectivity index (χ1n) is 17.4. The molecule has 0 aliphatic heterocycles. The molecular formula is C33H70NO4P. The van der Waals surface area contributed by atoms with E-state index >= 15 is 0 Å². The van der Waals surface area contributed by atoms with Gasteiger partial charge in [-0.2, -0.15) is 0 Å². The van der Waals surface area contributed by atoms with Crippen LogP contribution in [0.15, 0.2) is 0 Å². The predicted octanol–water partition coefficient (Wildman–Crippen LogP) is 11.2. The van der Waals surface area contributed by atoms with Crippen LogP contribution in [0.3, 0.4) is 0 Å². The fourth-order valence-electron chi connectivity index (χ4n) is 5.17. The van der Waals surface area contributed by atoms with E-state index in [2.05, 4.69) is 25.7 Å². The summed E-state index contributed by atoms with van der Waals surface area (Å²) >= 11 is 0. The third-order valence-corrected chi connectivity index (χ3v) is 8.80. The van der Waals surface area contributed by atoms with Crippen LogP contribution in [0.5, 0.6) is 0 Å². The zero-order chi connectivity index (χ0) is 28.7. The number of hydrogen-bond donors (Lipinski definition) is 1. The molecule has 0 aliphatic carbocycles. The second kappa shape index (κ2) is 31.0. The van der Waals surface area contributed by atoms with Crippen molar-refractivity contribution in [3.63, 3.8) is 0 Å². The Morgan fingerprint density at radius 3 is 1.00 bits per heavy atom. The van der Waals surface area contributed by atoms with Gasteiger partial charge < -0.3 is 9.79 Å². The molecule has 0 saturated heterocycles. The molecule has 0 aliphatic rings. The van der Waals surface area contributed by atoms with Crippen molar-refractivity contribution in [2.24, 2.45) is 0 Å². The normalized spacial score (nSPS) is 13.4. The monoisotopic (exact) mass is 576 g/mol. The number of nitrogens with zero attached hydrogens (tertiary/aromatic N) is 1. The molecule has 0 saturated carbocycles. The zero-order valence-corrected chi connectivity index (χ0v) is 27.7. The van der Waals surface area contributed by atoms with Gasteiger partial charge in [-0.15, -0.1) is 0 Å². The molecule has 0 bridgehead atoms. The number of rotatable bonds is 33. The van der Waals surface area contributed by atoms with Gasteiger partial charge in [0.25, 0.3) is 0 Å². The molecule has 0 radical (unpaired) electrons. The summed E-state index contributed by atoms with van der Waals surface area (Å²) in [5.41, 5.74) is 0. The lowest BCUT2D eigenvalue weighted by atomic mass is 10.1. The van der Waals surface area contributed by atoms with Crippen molar-refractivity contribution in [1.82, 2.24) is 4.90 Å². The first kappa shape index (κ1) is 39.1. The maximum Gasteiger partial charge on any atom is 0.472 e. The Hall–Kier alpha value is 0.0700. The maximum absolute atomic E-state index is 12.0. The van der Waals surface area contributed by atoms with Crippen LogP contribution in [0.25, 0.3) is 0 Å². The first-order valence-corrected chi connectivity index (χ1v) is 18.9. The second-order valence-corrected chi connectivity index (χ2v) is 13.2. The third-order valence-electron chi connectivity index (χ3n) is 7.78. The van der Waals surface area contributed by atoms with Gasteiger partial charge in [0, 0.05) is 0 Å². The molecular weight excluding hydrogens is 505 g/mol. The summed E-state index contributed by atoms with van der Waals surface area (Å²) in [7, 11) is -3.88. The number of unbranched alkanes of at least 4 members (excludes halogenated alkanes) is 21. The van der Waals surface area contributed by atoms with Crippen LogP contribution in [0.1, 0.15) is 181 Å². The van der Waals surface area contributed by atoms with Gasteiger partial charge in [0.1, 0.15) is 0 Å². The third kappa shape index (κ3) is 30.8. The number of hydrogen-bond acceptors (Lipinski definition) is 4. The number of phosphoric acid groups is 1. The smallest absolute Gasteiger partial charge is 0.303 e. The average molecular weight is 576 g/mol. The Bertz CT molecular complexity index is 500. The van der Waals surface area contributed by atoms with Crippen molar-refractivity contribution >= 4 is 7.82 Å². The summed E-state index contributed by atoms with van der Waals surface area (Å²) < 4.78 is 22.3. The van der Waals surface area contributed by atoms with Gasteiger partial charge in [-0.05, 0) is 51.7 Å². The van der Waals surface area contributed by atoms with E-state index in [0.29, 0.717) is 13.2 Å². The van der Waals surface area contributed by atoms with Gasteiger partial charge in [-0.3, -0.25) is 9.05 Å². The predicted molar refractivity (Wildman–Crippen MR) is 171 cm³/mol. The first-order chi connectivity index (χ1) is 19.1. The lowest BCUT2D eigenvalue weighted by molar-refractivity contribution is 0.145. The van der Waals surface area contributed by atoms with Crippen molar-refractivity contribution in [1.29, 1.82) is 0 Å². The van der Waals surface area contributed by atoms with E-state index < -0.39 is 7.82 Å². The molecule has 0 aromatic rings. The van der Waals surface area contributed by atoms with Crippen molar-refractivity contribution in [3.05, 3.63) is 0 Å². The Kier molecular flexibility index (Phi) is 31.1. The lowest BCUT2D eigenvalue weighted by Gasteiger charge is -2.22. The van der Waals surface area contributed by atoms with Crippen LogP contribution in [0.4, 0.5) is 0 Å². The molecule has 1 atom stereocenters. The molecule has 0 spiro atoms. The van der Waals surface area contributed by atoms with Crippen LogP contribution < -0.4 is 0 Å². The Morgan fingerprint density at radius 1 is 0.436 bits per heavy atom. The highest BCUT2D eigenvalue weighted by molar-refractivity contribution is 7.47. The largest absolute Gasteiger partial charge is 0.472 e. The minimum Gasteiger partial charge on any atom is -0.303 e. The molecule has 0 fully saturated rings. The van der Waals surface area contributed by atoms with Crippen LogP contribution >= 0.6 is 7.82 Å². The molecule has 1 N–H and O–H groups in total. The van der Waals surface area contributed by atoms with E-state index in [1.165, 1.54) is 142 Å². The zero-order valence-electron chi connectivity index (χ0n) is 26.8. The van der Waals surface area contributed by atoms with E-state index in [1.54, 1.807) is 0 Å². The van der Waals surface area contributed by atoms with Crippen LogP contribution in [-0.4, -0.2) is 42.6 Å². The summed E-state index contributed by atoms with van der Waals surface area (Å²) in [6.07, 6.45) is 31.8. The molecule has 236 valence electrons. The second-order valence-electron chi connectivity index (χ2n) is 11.8. The van der Waals surface area contributed by atoms with Crippen molar-refractivity contribution in [2.75, 3.05) is 32.8 Å². The van der Waals surface area contributed by atoms with Crippen LogP contribution in [0, 0.1) is 0 Å². The van der Waals surface area contributed by atoms with Crippen LogP contribution in [-0.2, 0) is 13.6 Å². The van der Waals surface area contributed by atoms with E-state index in [4.69, 9.17) is 9.05 Å². The molecule has 39 heavy (non-hydrogen) atoms. The minimum atomic E-state index is -3.88. The van der Waals surface area contributed by atoms with Crippen molar-refractivity contribution in [3.8, 4) is 0 Å². The van der Waals surface area contributed by atoms with E-state index in [-0.39, 0.29) is 0 Å². The summed E-state index contributed by atoms with van der Waals surface area (Å²) in [5.74, 6) is 0. The van der Waals surface area contributed by atoms with E-state index in [9.17, 15) is 9.46 Å². The Labute approximate surface area is 245 Å². The summed E-state index contributed by atoms with van der Waals surface area (Å²) in [5, 5.41) is 0. The van der Waals surface area contributed by atoms with Gasteiger partial charge in [0.05, 0.1) is 13.2 Å². The number of phosphoric ester groups is 1. The quantitative estimate of drug-likeness (QED) is 0.0623. The molecule has 0 rings (SSSR count). The molecule has 0 aromatic carbocycles. The highest BCUT2D eigenvalue weighted by atomic mass is 31.2. The summed E-state index contributed by atoms with van der Waals surface area (Å²) in [6.45, 7) is 11.1. The standard InChI is InChI=1S/C33H70NO4P/c1-4-7-10-13-15-17-19-24-29-34(30-25-20-18-16-14-11-8-5-2)31-26-21-23-28-33-38-39(35,36)37-32-27-22-12-9-6-3/h4-33H2,1-3H3,(H,35,36). The van der Waals surface area contributed by atoms with Gasteiger partial charge >= 0.3 is 7.82 Å². The molecule has 0 amide bonds. The van der Waals surface area contributed by atoms with Crippen LogP contribution in [0.2, 0.25) is 0 Å². The summed E-state index contributed by atoms with van der Waals surface area (Å²) in [6, 6.07) is 0. The molecule has 5 nitrogen and oxygen atoms in total. The molecule has 0 aromatic heterocycles. The van der Waals surface area contributed by atoms with E-state index in [1.807, 2.05) is 0 Å². The van der Waals surface area contributed by atoms with Crippen molar-refractivity contribution in [2.45, 2.75) is 181 Å². The average Bonchev–Trinajstić information content (AvgIpc) is 2.92. The SMILES string of the molecule is CCCCCCCCCCN(CCCCCCCCCC)CCCCCCOP(=O)(O)OCCCCCCC. The Morgan fingerprint density at radius 2 is 0.692 bits per heavy atom. The molecule has 6 heteroatoms. The lowest BCUT2D eigenvalue weighted by Crippen LogP contribution is -2.27. The molecule has 1 unspecified atom stereocenters. The maximum atomic E-state index is 12.0. The fourth-order valence-corrected chi connectivity index (χ4v) is 5.96. The Balaban J connectivity index is 4.00. The highest BCUT2D eigenvalue weighted by Crippen LogP contribution is 2.43. The minimum absolute atomic E-state index is 0.309.